The van der Waals surface area contributed by atoms with Crippen LogP contribution in [0.15, 0.2) is 43.5 Å². The quantitative estimate of drug-likeness (QED) is 0.593. The molecule has 0 unspecified atom stereocenters. The lowest BCUT2D eigenvalue weighted by Crippen LogP contribution is -2.21. The molecule has 0 amide bonds. The van der Waals surface area contributed by atoms with Crippen molar-refractivity contribution < 1.29 is 8.83 Å². The topological polar surface area (TPSA) is 101 Å². The Morgan fingerprint density at radius 3 is 3.04 bits per heavy atom. The van der Waals surface area contributed by atoms with Gasteiger partial charge in [-0.3, -0.25) is 9.69 Å². The third-order valence-corrected chi connectivity index (χ3v) is 4.29. The number of thiophene rings is 1. The molecule has 0 radical (unpaired) electrons. The Hall–Kier alpha value is -2.78. The molecule has 0 saturated heterocycles. The summed E-state index contributed by atoms with van der Waals surface area (Å²) in [6.07, 6.45) is 1.55. The van der Waals surface area contributed by atoms with Crippen LogP contribution in [-0.2, 0) is 13.1 Å². The molecule has 0 saturated carbocycles. The highest BCUT2D eigenvalue weighted by Gasteiger charge is 2.13. The van der Waals surface area contributed by atoms with Gasteiger partial charge in [-0.15, -0.1) is 21.5 Å². The lowest BCUT2D eigenvalue weighted by molar-refractivity contribution is 0.276. The van der Waals surface area contributed by atoms with Crippen molar-refractivity contribution in [1.82, 2.24) is 25.1 Å². The first-order chi connectivity index (χ1) is 11.7. The number of hydrogen-bond donors (Lipinski definition) is 1. The van der Waals surface area contributed by atoms with Gasteiger partial charge in [0.05, 0.1) is 24.9 Å². The minimum atomic E-state index is -0.115. The lowest BCUT2D eigenvalue weighted by atomic mass is 10.4. The Labute approximate surface area is 139 Å². The molecule has 0 atom stereocenters. The van der Waals surface area contributed by atoms with E-state index in [1.165, 1.54) is 11.3 Å². The van der Waals surface area contributed by atoms with Gasteiger partial charge < -0.3 is 13.8 Å². The van der Waals surface area contributed by atoms with Gasteiger partial charge in [0, 0.05) is 0 Å². The number of furan rings is 1. The molecule has 4 aromatic heterocycles. The van der Waals surface area contributed by atoms with E-state index in [2.05, 4.69) is 20.2 Å². The van der Waals surface area contributed by atoms with Crippen molar-refractivity contribution in [3.8, 4) is 11.7 Å². The Morgan fingerprint density at radius 2 is 2.21 bits per heavy atom. The lowest BCUT2D eigenvalue weighted by Gasteiger charge is -2.13. The zero-order chi connectivity index (χ0) is 16.5. The average Bonchev–Trinajstić information content (AvgIpc) is 3.28. The van der Waals surface area contributed by atoms with E-state index in [1.807, 2.05) is 23.4 Å². The first-order valence-electron chi connectivity index (χ1n) is 7.20. The number of aromatic amines is 1. The van der Waals surface area contributed by atoms with Gasteiger partial charge in [-0.25, -0.2) is 4.98 Å². The first kappa shape index (κ1) is 14.8. The van der Waals surface area contributed by atoms with Crippen LogP contribution in [0.25, 0.3) is 21.9 Å². The largest absolute Gasteiger partial charge is 0.459 e. The van der Waals surface area contributed by atoms with Crippen molar-refractivity contribution in [2.75, 3.05) is 7.05 Å². The molecule has 4 rings (SSSR count). The smallest absolute Gasteiger partial charge is 0.283 e. The van der Waals surface area contributed by atoms with Crippen LogP contribution in [0.1, 0.15) is 11.7 Å². The van der Waals surface area contributed by atoms with E-state index in [0.717, 1.165) is 0 Å². The summed E-state index contributed by atoms with van der Waals surface area (Å²) in [5.41, 5.74) is 0.598. The fourth-order valence-corrected chi connectivity index (χ4v) is 3.08. The van der Waals surface area contributed by atoms with E-state index in [-0.39, 0.29) is 5.56 Å². The second-order valence-corrected chi connectivity index (χ2v) is 6.21. The van der Waals surface area contributed by atoms with Crippen molar-refractivity contribution in [3.05, 3.63) is 51.9 Å². The Morgan fingerprint density at radius 1 is 1.29 bits per heavy atom. The van der Waals surface area contributed by atoms with Crippen LogP contribution in [0.2, 0.25) is 0 Å². The van der Waals surface area contributed by atoms with Crippen molar-refractivity contribution in [2.24, 2.45) is 0 Å². The molecule has 0 fully saturated rings. The average molecular weight is 343 g/mol. The second-order valence-electron chi connectivity index (χ2n) is 5.30. The van der Waals surface area contributed by atoms with Gasteiger partial charge in [0.25, 0.3) is 11.4 Å². The van der Waals surface area contributed by atoms with Crippen LogP contribution in [0, 0.1) is 0 Å². The van der Waals surface area contributed by atoms with Crippen LogP contribution in [0.4, 0.5) is 0 Å². The summed E-state index contributed by atoms with van der Waals surface area (Å²) in [5, 5.41) is 9.82. The van der Waals surface area contributed by atoms with E-state index in [9.17, 15) is 4.79 Å². The molecular weight excluding hydrogens is 330 g/mol. The number of nitrogens with one attached hydrogen (secondary N) is 1. The minimum Gasteiger partial charge on any atom is -0.459 e. The zero-order valence-electron chi connectivity index (χ0n) is 12.7. The molecule has 0 aromatic carbocycles. The fraction of sp³-hybridized carbons (Fsp3) is 0.200. The van der Waals surface area contributed by atoms with Crippen LogP contribution < -0.4 is 5.56 Å². The van der Waals surface area contributed by atoms with Gasteiger partial charge in [0.2, 0.25) is 5.89 Å². The van der Waals surface area contributed by atoms with Crippen molar-refractivity contribution in [2.45, 2.75) is 13.1 Å². The third-order valence-electron chi connectivity index (χ3n) is 3.39. The van der Waals surface area contributed by atoms with E-state index >= 15 is 0 Å². The SMILES string of the molecule is CN(Cc1nc2ccsc2c(=O)[nH]1)Cc1nnc(-c2ccco2)o1. The molecule has 9 heteroatoms. The number of aromatic nitrogens is 4. The van der Waals surface area contributed by atoms with Gasteiger partial charge in [-0.2, -0.15) is 0 Å². The van der Waals surface area contributed by atoms with Gasteiger partial charge >= 0.3 is 0 Å². The number of hydrogen-bond acceptors (Lipinski definition) is 8. The number of rotatable bonds is 5. The Bertz CT molecular complexity index is 1020. The van der Waals surface area contributed by atoms with Crippen LogP contribution in [0.3, 0.4) is 0 Å². The van der Waals surface area contributed by atoms with E-state index in [0.29, 0.717) is 46.7 Å². The highest BCUT2D eigenvalue weighted by molar-refractivity contribution is 7.17. The summed E-state index contributed by atoms with van der Waals surface area (Å²) in [5.74, 6) is 1.93. The first-order valence-corrected chi connectivity index (χ1v) is 8.08. The number of nitrogens with zero attached hydrogens (tertiary/aromatic N) is 4. The van der Waals surface area contributed by atoms with Gasteiger partial charge in [0.15, 0.2) is 5.76 Å². The molecule has 0 spiro atoms. The molecule has 1 N–H and O–H groups in total. The summed E-state index contributed by atoms with van der Waals surface area (Å²) in [7, 11) is 1.88. The van der Waals surface area contributed by atoms with Gasteiger partial charge in [0.1, 0.15) is 10.5 Å². The molecule has 0 aliphatic carbocycles. The third kappa shape index (κ3) is 2.86. The zero-order valence-corrected chi connectivity index (χ0v) is 13.5. The predicted molar refractivity (Wildman–Crippen MR) is 87.4 cm³/mol. The van der Waals surface area contributed by atoms with Crippen LogP contribution in [-0.4, -0.2) is 32.1 Å². The highest BCUT2D eigenvalue weighted by atomic mass is 32.1. The maximum Gasteiger partial charge on any atom is 0.283 e. The second kappa shape index (κ2) is 6.02. The van der Waals surface area contributed by atoms with Crippen molar-refractivity contribution >= 4 is 21.6 Å². The maximum absolute atomic E-state index is 12.0. The molecule has 8 nitrogen and oxygen atoms in total. The molecule has 4 aromatic rings. The monoisotopic (exact) mass is 343 g/mol. The summed E-state index contributed by atoms with van der Waals surface area (Å²) in [4.78, 5) is 21.2. The van der Waals surface area contributed by atoms with Crippen molar-refractivity contribution in [1.29, 1.82) is 0 Å². The Balaban J connectivity index is 1.48. The molecular formula is C15H13N5O3S. The van der Waals surface area contributed by atoms with Crippen LogP contribution >= 0.6 is 11.3 Å². The summed E-state index contributed by atoms with van der Waals surface area (Å²) < 4.78 is 11.4. The standard InChI is InChI=1S/C15H13N5O3S/c1-20(7-11-16-9-4-6-24-13(9)14(21)17-11)8-12-18-19-15(23-12)10-3-2-5-22-10/h2-6H,7-8H2,1H3,(H,16,17,21). The molecule has 122 valence electrons. The summed E-state index contributed by atoms with van der Waals surface area (Å²) in [6, 6.07) is 5.35. The molecule has 0 bridgehead atoms. The summed E-state index contributed by atoms with van der Waals surface area (Å²) >= 11 is 1.38. The summed E-state index contributed by atoms with van der Waals surface area (Å²) in [6.45, 7) is 0.887. The van der Waals surface area contributed by atoms with Gasteiger partial charge in [-0.1, -0.05) is 0 Å². The molecule has 0 aliphatic rings. The van der Waals surface area contributed by atoms with E-state index in [4.69, 9.17) is 8.83 Å². The van der Waals surface area contributed by atoms with Gasteiger partial charge in [-0.05, 0) is 30.6 Å². The van der Waals surface area contributed by atoms with Crippen LogP contribution in [0.5, 0.6) is 0 Å². The predicted octanol–water partition coefficient (Wildman–Crippen LogP) is 2.26. The number of H-pyrrole nitrogens is 1. The minimum absolute atomic E-state index is 0.115. The van der Waals surface area contributed by atoms with E-state index < -0.39 is 0 Å². The molecule has 0 aliphatic heterocycles. The molecule has 4 heterocycles. The fourth-order valence-electron chi connectivity index (χ4n) is 2.36. The Kier molecular flexibility index (Phi) is 3.71. The highest BCUT2D eigenvalue weighted by Crippen LogP contribution is 2.18. The van der Waals surface area contributed by atoms with Crippen molar-refractivity contribution in [3.63, 3.8) is 0 Å². The molecule has 24 heavy (non-hydrogen) atoms. The van der Waals surface area contributed by atoms with E-state index in [1.54, 1.807) is 18.4 Å². The number of fused-ring (bicyclic) bond motifs is 1. The maximum atomic E-state index is 12.0. The normalized spacial score (nSPS) is 11.6.